The zero-order valence-corrected chi connectivity index (χ0v) is 13.0. The number of carbonyl (C=O) groups excluding carboxylic acids is 1. The van der Waals surface area contributed by atoms with Gasteiger partial charge >= 0.3 is 5.97 Å². The second-order valence-electron chi connectivity index (χ2n) is 6.11. The molecule has 0 aromatic heterocycles. The fourth-order valence-corrected chi connectivity index (χ4v) is 3.32. The van der Waals surface area contributed by atoms with Gasteiger partial charge in [-0.05, 0) is 61.1 Å². The molecule has 2 aromatic rings. The van der Waals surface area contributed by atoms with E-state index in [0.717, 1.165) is 0 Å². The normalized spacial score (nSPS) is 15.5. The zero-order chi connectivity index (χ0) is 15.4. The maximum Gasteiger partial charge on any atom is 0.343 e. The minimum Gasteiger partial charge on any atom is -0.423 e. The topological polar surface area (TPSA) is 26.3 Å². The molecule has 1 aliphatic rings. The Balaban J connectivity index is 1.73. The number of esters is 1. The van der Waals surface area contributed by atoms with Crippen molar-refractivity contribution in [2.45, 2.75) is 44.9 Å². The van der Waals surface area contributed by atoms with Crippen LogP contribution in [0.4, 0.5) is 0 Å². The summed E-state index contributed by atoms with van der Waals surface area (Å²) in [6.45, 7) is 2.11. The van der Waals surface area contributed by atoms with Crippen LogP contribution in [0.3, 0.4) is 0 Å². The van der Waals surface area contributed by atoms with Crippen LogP contribution < -0.4 is 4.74 Å². The van der Waals surface area contributed by atoms with Gasteiger partial charge in [0.15, 0.2) is 0 Å². The molecule has 0 unspecified atom stereocenters. The maximum absolute atomic E-state index is 12.1. The minimum atomic E-state index is -0.301. The third-order valence-corrected chi connectivity index (χ3v) is 4.51. The molecule has 2 aromatic carbocycles. The van der Waals surface area contributed by atoms with Crippen LogP contribution in [0.5, 0.6) is 5.75 Å². The van der Waals surface area contributed by atoms with Gasteiger partial charge in [0.2, 0.25) is 0 Å². The van der Waals surface area contributed by atoms with Crippen molar-refractivity contribution in [3.05, 3.63) is 65.2 Å². The first-order valence-electron chi connectivity index (χ1n) is 8.12. The summed E-state index contributed by atoms with van der Waals surface area (Å²) in [5.41, 5.74) is 3.22. The van der Waals surface area contributed by atoms with E-state index in [4.69, 9.17) is 4.74 Å². The van der Waals surface area contributed by atoms with E-state index >= 15 is 0 Å². The molecular formula is C20H22O2. The van der Waals surface area contributed by atoms with E-state index in [2.05, 4.69) is 13.0 Å². The smallest absolute Gasteiger partial charge is 0.343 e. The SMILES string of the molecule is Cc1cc(OC(=O)c2ccccc2)ccc1C1CCCCC1. The summed E-state index contributed by atoms with van der Waals surface area (Å²) in [4.78, 5) is 12.1. The number of rotatable bonds is 3. The molecule has 0 radical (unpaired) electrons. The Morgan fingerprint density at radius 1 is 1.00 bits per heavy atom. The Morgan fingerprint density at radius 2 is 1.73 bits per heavy atom. The Hall–Kier alpha value is -2.09. The molecular weight excluding hydrogens is 272 g/mol. The van der Waals surface area contributed by atoms with Gasteiger partial charge in [0.1, 0.15) is 5.75 Å². The quantitative estimate of drug-likeness (QED) is 0.570. The van der Waals surface area contributed by atoms with E-state index in [9.17, 15) is 4.79 Å². The molecule has 1 aliphatic carbocycles. The number of hydrogen-bond donors (Lipinski definition) is 0. The third-order valence-electron chi connectivity index (χ3n) is 4.51. The van der Waals surface area contributed by atoms with Crippen LogP contribution in [0.1, 0.15) is 59.5 Å². The average Bonchev–Trinajstić information content (AvgIpc) is 2.56. The van der Waals surface area contributed by atoms with Crippen molar-refractivity contribution >= 4 is 5.97 Å². The predicted molar refractivity (Wildman–Crippen MR) is 88.4 cm³/mol. The average molecular weight is 294 g/mol. The van der Waals surface area contributed by atoms with Crippen LogP contribution in [-0.4, -0.2) is 5.97 Å². The van der Waals surface area contributed by atoms with Gasteiger partial charge in [-0.3, -0.25) is 0 Å². The highest BCUT2D eigenvalue weighted by atomic mass is 16.5. The summed E-state index contributed by atoms with van der Waals surface area (Å²) >= 11 is 0. The van der Waals surface area contributed by atoms with Gasteiger partial charge in [0.05, 0.1) is 5.56 Å². The Morgan fingerprint density at radius 3 is 2.41 bits per heavy atom. The highest BCUT2D eigenvalue weighted by molar-refractivity contribution is 5.90. The molecule has 0 amide bonds. The van der Waals surface area contributed by atoms with Crippen LogP contribution >= 0.6 is 0 Å². The lowest BCUT2D eigenvalue weighted by molar-refractivity contribution is 0.0734. The van der Waals surface area contributed by atoms with E-state index in [0.29, 0.717) is 17.2 Å². The van der Waals surface area contributed by atoms with Crippen LogP contribution in [0.2, 0.25) is 0 Å². The molecule has 0 atom stereocenters. The largest absolute Gasteiger partial charge is 0.423 e. The Labute approximate surface area is 132 Å². The minimum absolute atomic E-state index is 0.301. The third kappa shape index (κ3) is 3.38. The monoisotopic (exact) mass is 294 g/mol. The van der Waals surface area contributed by atoms with E-state index in [1.165, 1.54) is 43.2 Å². The standard InChI is InChI=1S/C20H22O2/c1-15-14-18(22-20(21)17-10-6-3-7-11-17)12-13-19(15)16-8-4-2-5-9-16/h3,6-7,10-14,16H,2,4-5,8-9H2,1H3. The molecule has 0 heterocycles. The van der Waals surface area contributed by atoms with Crippen molar-refractivity contribution in [2.24, 2.45) is 0 Å². The highest BCUT2D eigenvalue weighted by Gasteiger charge is 2.18. The molecule has 2 nitrogen and oxygen atoms in total. The second-order valence-corrected chi connectivity index (χ2v) is 6.11. The molecule has 0 bridgehead atoms. The van der Waals surface area contributed by atoms with Crippen molar-refractivity contribution < 1.29 is 9.53 Å². The van der Waals surface area contributed by atoms with Crippen molar-refractivity contribution in [1.29, 1.82) is 0 Å². The van der Waals surface area contributed by atoms with Crippen molar-refractivity contribution in [2.75, 3.05) is 0 Å². The number of ether oxygens (including phenoxy) is 1. The van der Waals surface area contributed by atoms with Crippen molar-refractivity contribution in [1.82, 2.24) is 0 Å². The lowest BCUT2D eigenvalue weighted by Gasteiger charge is -2.23. The van der Waals surface area contributed by atoms with Gasteiger partial charge in [-0.2, -0.15) is 0 Å². The fraction of sp³-hybridized carbons (Fsp3) is 0.350. The molecule has 2 heteroatoms. The molecule has 0 N–H and O–H groups in total. The summed E-state index contributed by atoms with van der Waals surface area (Å²) in [5.74, 6) is 1.00. The molecule has 1 fully saturated rings. The van der Waals surface area contributed by atoms with Crippen LogP contribution in [0.25, 0.3) is 0 Å². The van der Waals surface area contributed by atoms with E-state index < -0.39 is 0 Å². The molecule has 3 rings (SSSR count). The molecule has 1 saturated carbocycles. The van der Waals surface area contributed by atoms with Gasteiger partial charge in [-0.1, -0.05) is 43.5 Å². The molecule has 0 spiro atoms. The summed E-state index contributed by atoms with van der Waals surface area (Å²) in [7, 11) is 0. The molecule has 0 aliphatic heterocycles. The first-order chi connectivity index (χ1) is 10.7. The Bertz CT molecular complexity index is 640. The van der Waals surface area contributed by atoms with Crippen LogP contribution in [-0.2, 0) is 0 Å². The van der Waals surface area contributed by atoms with Gasteiger partial charge in [-0.15, -0.1) is 0 Å². The molecule has 114 valence electrons. The first kappa shape index (κ1) is 14.8. The number of carbonyl (C=O) groups is 1. The predicted octanol–water partition coefficient (Wildman–Crippen LogP) is 5.26. The molecule has 22 heavy (non-hydrogen) atoms. The lowest BCUT2D eigenvalue weighted by Crippen LogP contribution is -2.09. The number of hydrogen-bond acceptors (Lipinski definition) is 2. The Kier molecular flexibility index (Phi) is 4.57. The van der Waals surface area contributed by atoms with Crippen molar-refractivity contribution in [3.63, 3.8) is 0 Å². The van der Waals surface area contributed by atoms with Gasteiger partial charge in [-0.25, -0.2) is 4.79 Å². The van der Waals surface area contributed by atoms with E-state index in [1.54, 1.807) is 12.1 Å². The first-order valence-corrected chi connectivity index (χ1v) is 8.12. The zero-order valence-electron chi connectivity index (χ0n) is 13.0. The summed E-state index contributed by atoms with van der Waals surface area (Å²) in [5, 5.41) is 0. The van der Waals surface area contributed by atoms with Gasteiger partial charge < -0.3 is 4.74 Å². The maximum atomic E-state index is 12.1. The van der Waals surface area contributed by atoms with Gasteiger partial charge in [0.25, 0.3) is 0 Å². The summed E-state index contributed by atoms with van der Waals surface area (Å²) < 4.78 is 5.48. The summed E-state index contributed by atoms with van der Waals surface area (Å²) in [6, 6.07) is 15.2. The van der Waals surface area contributed by atoms with Crippen LogP contribution in [0, 0.1) is 6.92 Å². The van der Waals surface area contributed by atoms with Crippen LogP contribution in [0.15, 0.2) is 48.5 Å². The van der Waals surface area contributed by atoms with E-state index in [-0.39, 0.29) is 5.97 Å². The van der Waals surface area contributed by atoms with E-state index in [1.807, 2.05) is 30.3 Å². The number of aryl methyl sites for hydroxylation is 1. The molecule has 0 saturated heterocycles. The lowest BCUT2D eigenvalue weighted by atomic mass is 9.82. The fourth-order valence-electron chi connectivity index (χ4n) is 3.32. The number of benzene rings is 2. The van der Waals surface area contributed by atoms with Crippen molar-refractivity contribution in [3.8, 4) is 5.75 Å². The second kappa shape index (κ2) is 6.78. The summed E-state index contributed by atoms with van der Waals surface area (Å²) in [6.07, 6.45) is 6.58. The van der Waals surface area contributed by atoms with Gasteiger partial charge in [0, 0.05) is 0 Å². The highest BCUT2D eigenvalue weighted by Crippen LogP contribution is 2.35.